The van der Waals surface area contributed by atoms with E-state index in [9.17, 15) is 8.42 Å². The molecule has 1 N–H and O–H groups in total. The molecule has 0 aromatic carbocycles. The van der Waals surface area contributed by atoms with Crippen LogP contribution in [0.5, 0.6) is 0 Å². The van der Waals surface area contributed by atoms with Crippen LogP contribution in [0.1, 0.15) is 16.8 Å². The lowest BCUT2D eigenvalue weighted by atomic mass is 10.2. The molecule has 0 bridgehead atoms. The molecule has 0 spiro atoms. The van der Waals surface area contributed by atoms with Gasteiger partial charge in [-0.05, 0) is 30.7 Å². The average Bonchev–Trinajstić information content (AvgIpc) is 3.23. The summed E-state index contributed by atoms with van der Waals surface area (Å²) in [5, 5.41) is 2.65. The quantitative estimate of drug-likeness (QED) is 0.727. The maximum Gasteiger partial charge on any atom is 0.250 e. The van der Waals surface area contributed by atoms with Crippen molar-refractivity contribution in [2.75, 3.05) is 0 Å². The zero-order valence-corrected chi connectivity index (χ0v) is 14.8. The van der Waals surface area contributed by atoms with Crippen LogP contribution in [-0.2, 0) is 23.0 Å². The lowest BCUT2D eigenvalue weighted by molar-refractivity contribution is 0.583. The second-order valence-electron chi connectivity index (χ2n) is 4.76. The third-order valence-corrected chi connectivity index (χ3v) is 7.16. The van der Waals surface area contributed by atoms with Gasteiger partial charge in [0.15, 0.2) is 0 Å². The summed E-state index contributed by atoms with van der Waals surface area (Å²) >= 11 is 2.74. The van der Waals surface area contributed by atoms with Crippen molar-refractivity contribution in [1.82, 2.24) is 14.7 Å². The minimum Gasteiger partial charge on any atom is -0.265 e. The first-order chi connectivity index (χ1) is 11.1. The number of rotatable bonds is 6. The summed E-state index contributed by atoms with van der Waals surface area (Å²) in [5.41, 5.74) is 1.80. The number of thiophene rings is 1. The van der Waals surface area contributed by atoms with Gasteiger partial charge >= 0.3 is 0 Å². The molecule has 3 aromatic rings. The molecule has 3 heterocycles. The maximum absolute atomic E-state index is 12.3. The molecule has 0 saturated heterocycles. The normalized spacial score (nSPS) is 11.7. The Balaban J connectivity index is 1.70. The van der Waals surface area contributed by atoms with Crippen LogP contribution in [0.2, 0.25) is 0 Å². The summed E-state index contributed by atoms with van der Waals surface area (Å²) in [7, 11) is -3.48. The van der Waals surface area contributed by atoms with Gasteiger partial charge in [-0.2, -0.15) is 0 Å². The van der Waals surface area contributed by atoms with Crippen LogP contribution in [0.25, 0.3) is 11.3 Å². The molecule has 0 aliphatic rings. The first-order valence-corrected chi connectivity index (χ1v) is 10.2. The van der Waals surface area contributed by atoms with Gasteiger partial charge in [0, 0.05) is 28.2 Å². The van der Waals surface area contributed by atoms with Crippen molar-refractivity contribution in [3.05, 3.63) is 51.9 Å². The van der Waals surface area contributed by atoms with E-state index in [4.69, 9.17) is 0 Å². The number of thiazole rings is 1. The Hall–Kier alpha value is -1.61. The van der Waals surface area contributed by atoms with Gasteiger partial charge in [0.1, 0.15) is 9.22 Å². The number of pyridine rings is 1. The summed E-state index contributed by atoms with van der Waals surface area (Å²) < 4.78 is 27.5. The number of hydrogen-bond acceptors (Lipinski definition) is 6. The molecule has 0 radical (unpaired) electrons. The zero-order valence-electron chi connectivity index (χ0n) is 12.4. The van der Waals surface area contributed by atoms with Gasteiger partial charge in [-0.3, -0.25) is 4.98 Å². The lowest BCUT2D eigenvalue weighted by Crippen LogP contribution is -2.22. The van der Waals surface area contributed by atoms with Crippen LogP contribution in [0, 0.1) is 0 Å². The Kier molecular flexibility index (Phi) is 4.86. The number of aromatic nitrogens is 2. The van der Waals surface area contributed by atoms with Crippen molar-refractivity contribution in [1.29, 1.82) is 0 Å². The summed E-state index contributed by atoms with van der Waals surface area (Å²) in [5.74, 6) is 0. The van der Waals surface area contributed by atoms with Crippen molar-refractivity contribution >= 4 is 32.7 Å². The van der Waals surface area contributed by atoms with Crippen molar-refractivity contribution in [2.45, 2.75) is 24.1 Å². The summed E-state index contributed by atoms with van der Waals surface area (Å²) in [6, 6.07) is 7.25. The van der Waals surface area contributed by atoms with Crippen LogP contribution in [0.4, 0.5) is 0 Å². The van der Waals surface area contributed by atoms with Crippen molar-refractivity contribution in [2.24, 2.45) is 0 Å². The van der Waals surface area contributed by atoms with Gasteiger partial charge in [-0.1, -0.05) is 6.92 Å². The largest absolute Gasteiger partial charge is 0.265 e. The van der Waals surface area contributed by atoms with Crippen molar-refractivity contribution < 1.29 is 8.42 Å². The Bertz CT molecular complexity index is 886. The van der Waals surface area contributed by atoms with E-state index in [1.165, 1.54) is 22.7 Å². The molecule has 5 nitrogen and oxygen atoms in total. The maximum atomic E-state index is 12.3. The molecule has 3 aromatic heterocycles. The highest BCUT2D eigenvalue weighted by atomic mass is 32.2. The summed E-state index contributed by atoms with van der Waals surface area (Å²) in [4.78, 5) is 9.49. The van der Waals surface area contributed by atoms with Crippen LogP contribution in [-0.4, -0.2) is 18.4 Å². The van der Waals surface area contributed by atoms with Gasteiger partial charge in [-0.15, -0.1) is 22.7 Å². The Morgan fingerprint density at radius 3 is 2.65 bits per heavy atom. The molecule has 0 unspecified atom stereocenters. The van der Waals surface area contributed by atoms with Gasteiger partial charge in [0.05, 0.1) is 12.2 Å². The van der Waals surface area contributed by atoms with Crippen LogP contribution >= 0.6 is 22.7 Å². The fraction of sp³-hybridized carbons (Fsp3) is 0.200. The van der Waals surface area contributed by atoms with E-state index in [-0.39, 0.29) is 6.54 Å². The minimum absolute atomic E-state index is 0.192. The predicted octanol–water partition coefficient (Wildman–Crippen LogP) is 3.31. The molecule has 0 aliphatic carbocycles. The SMILES string of the molecule is CCc1ccc(S(=O)(=O)NCc2nc(-c3ccncc3)cs2)s1. The minimum atomic E-state index is -3.48. The molecule has 0 aliphatic heterocycles. The molecule has 0 atom stereocenters. The van der Waals surface area contributed by atoms with E-state index in [0.29, 0.717) is 4.21 Å². The molecule has 0 saturated carbocycles. The van der Waals surface area contributed by atoms with Crippen molar-refractivity contribution in [3.63, 3.8) is 0 Å². The monoisotopic (exact) mass is 365 g/mol. The molecule has 120 valence electrons. The van der Waals surface area contributed by atoms with Crippen LogP contribution in [0.3, 0.4) is 0 Å². The second-order valence-corrected chi connectivity index (χ2v) is 8.87. The smallest absolute Gasteiger partial charge is 0.250 e. The molecular formula is C15H15N3O2S3. The highest BCUT2D eigenvalue weighted by molar-refractivity contribution is 7.91. The van der Waals surface area contributed by atoms with Gasteiger partial charge in [0.25, 0.3) is 0 Å². The number of sulfonamides is 1. The van der Waals surface area contributed by atoms with Gasteiger partial charge < -0.3 is 0 Å². The third kappa shape index (κ3) is 3.84. The first kappa shape index (κ1) is 16.3. The number of nitrogens with zero attached hydrogens (tertiary/aromatic N) is 2. The standard InChI is InChI=1S/C15H15N3O2S3/c1-2-12-3-4-15(22-12)23(19,20)17-9-14-18-13(10-21-14)11-5-7-16-8-6-11/h3-8,10,17H,2,9H2,1H3. The molecule has 0 fully saturated rings. The molecule has 3 rings (SSSR count). The first-order valence-electron chi connectivity index (χ1n) is 7.01. The molecule has 23 heavy (non-hydrogen) atoms. The fourth-order valence-corrected chi connectivity index (χ4v) is 5.13. The highest BCUT2D eigenvalue weighted by Gasteiger charge is 2.17. The predicted molar refractivity (Wildman–Crippen MR) is 93.1 cm³/mol. The summed E-state index contributed by atoms with van der Waals surface area (Å²) in [6.07, 6.45) is 4.25. The highest BCUT2D eigenvalue weighted by Crippen LogP contribution is 2.23. The van der Waals surface area contributed by atoms with E-state index in [1.54, 1.807) is 18.5 Å². The van der Waals surface area contributed by atoms with Gasteiger partial charge in [0.2, 0.25) is 10.0 Å². The Morgan fingerprint density at radius 2 is 1.96 bits per heavy atom. The number of nitrogens with one attached hydrogen (secondary N) is 1. The molecule has 8 heteroatoms. The van der Waals surface area contributed by atoms with Gasteiger partial charge in [-0.25, -0.2) is 18.1 Å². The average molecular weight is 366 g/mol. The van der Waals surface area contributed by atoms with E-state index in [2.05, 4.69) is 14.7 Å². The van der Waals surface area contributed by atoms with E-state index < -0.39 is 10.0 Å². The number of hydrogen-bond donors (Lipinski definition) is 1. The Morgan fingerprint density at radius 1 is 1.17 bits per heavy atom. The topological polar surface area (TPSA) is 72.0 Å². The number of aryl methyl sites for hydroxylation is 1. The Labute approximate surface area is 143 Å². The molecule has 0 amide bonds. The van der Waals surface area contributed by atoms with E-state index in [0.717, 1.165) is 27.6 Å². The lowest BCUT2D eigenvalue weighted by Gasteiger charge is -2.02. The summed E-state index contributed by atoms with van der Waals surface area (Å²) in [6.45, 7) is 2.20. The van der Waals surface area contributed by atoms with E-state index >= 15 is 0 Å². The fourth-order valence-electron chi connectivity index (χ4n) is 1.97. The second kappa shape index (κ2) is 6.88. The van der Waals surface area contributed by atoms with Crippen LogP contribution in [0.15, 0.2) is 46.2 Å². The zero-order chi connectivity index (χ0) is 16.3. The molecular weight excluding hydrogens is 350 g/mol. The van der Waals surface area contributed by atoms with Crippen LogP contribution < -0.4 is 4.72 Å². The third-order valence-electron chi connectivity index (χ3n) is 3.19. The van der Waals surface area contributed by atoms with E-state index in [1.807, 2.05) is 30.5 Å². The van der Waals surface area contributed by atoms with Crippen molar-refractivity contribution in [3.8, 4) is 11.3 Å².